The molecule has 0 unspecified atom stereocenters. The molecule has 3 aromatic rings. The number of nitro benzene ring substituents is 1. The Labute approximate surface area is 158 Å². The van der Waals surface area contributed by atoms with Gasteiger partial charge in [-0.2, -0.15) is 4.80 Å². The molecule has 0 aliphatic heterocycles. The summed E-state index contributed by atoms with van der Waals surface area (Å²) in [6.07, 6.45) is -0.258. The smallest absolute Gasteiger partial charge is 0.338 e. The lowest BCUT2D eigenvalue weighted by molar-refractivity contribution is -0.385. The Kier molecular flexibility index (Phi) is 5.39. The van der Waals surface area contributed by atoms with E-state index in [1.807, 2.05) is 0 Å². The maximum Gasteiger partial charge on any atom is 0.338 e. The fraction of sp³-hybridized carbons (Fsp3) is 0.222. The molecule has 10 heteroatoms. The number of benzene rings is 2. The molecule has 0 fully saturated rings. The standard InChI is InChI=1S/C18H16FN5O4/c1-11(2)28-18(25)13-6-3-5-12(9-13)17-20-22-23(21-17)10-14-15(19)7-4-8-16(14)24(26)27/h3-9,11H,10H2,1-2H3. The van der Waals surface area contributed by atoms with Crippen LogP contribution in [-0.4, -0.2) is 37.2 Å². The number of ether oxygens (including phenoxy) is 1. The first-order chi connectivity index (χ1) is 13.3. The van der Waals surface area contributed by atoms with Crippen LogP contribution >= 0.6 is 0 Å². The highest BCUT2D eigenvalue weighted by Gasteiger charge is 2.20. The first kappa shape index (κ1) is 19.1. The number of halogens is 1. The molecule has 0 saturated carbocycles. The van der Waals surface area contributed by atoms with E-state index in [1.54, 1.807) is 38.1 Å². The van der Waals surface area contributed by atoms with Crippen molar-refractivity contribution >= 4 is 11.7 Å². The van der Waals surface area contributed by atoms with Gasteiger partial charge in [-0.25, -0.2) is 9.18 Å². The first-order valence-corrected chi connectivity index (χ1v) is 8.36. The highest BCUT2D eigenvalue weighted by molar-refractivity contribution is 5.90. The molecule has 3 rings (SSSR count). The van der Waals surface area contributed by atoms with Gasteiger partial charge in [0.1, 0.15) is 5.82 Å². The molecule has 0 bridgehead atoms. The van der Waals surface area contributed by atoms with E-state index >= 15 is 0 Å². The molecule has 0 atom stereocenters. The minimum atomic E-state index is -0.730. The molecule has 9 nitrogen and oxygen atoms in total. The molecule has 28 heavy (non-hydrogen) atoms. The topological polar surface area (TPSA) is 113 Å². The van der Waals surface area contributed by atoms with Crippen molar-refractivity contribution in [2.24, 2.45) is 0 Å². The van der Waals surface area contributed by atoms with E-state index in [1.165, 1.54) is 12.1 Å². The highest BCUT2D eigenvalue weighted by Crippen LogP contribution is 2.22. The van der Waals surface area contributed by atoms with Crippen molar-refractivity contribution < 1.29 is 18.8 Å². The van der Waals surface area contributed by atoms with Crippen LogP contribution in [0.2, 0.25) is 0 Å². The third kappa shape index (κ3) is 4.17. The summed E-state index contributed by atoms with van der Waals surface area (Å²) in [7, 11) is 0. The zero-order chi connectivity index (χ0) is 20.3. The summed E-state index contributed by atoms with van der Waals surface area (Å²) in [5.41, 5.74) is 0.322. The Balaban J connectivity index is 1.86. The van der Waals surface area contributed by atoms with E-state index in [4.69, 9.17) is 4.74 Å². The number of rotatable bonds is 6. The average Bonchev–Trinajstić information content (AvgIpc) is 3.11. The number of carbonyl (C=O) groups excluding carboxylic acids is 1. The van der Waals surface area contributed by atoms with Gasteiger partial charge in [-0.1, -0.05) is 18.2 Å². The van der Waals surface area contributed by atoms with E-state index in [0.717, 1.165) is 10.9 Å². The molecule has 0 saturated heterocycles. The van der Waals surface area contributed by atoms with Gasteiger partial charge >= 0.3 is 5.97 Å². The third-order valence-electron chi connectivity index (χ3n) is 3.74. The van der Waals surface area contributed by atoms with Gasteiger partial charge in [0.15, 0.2) is 0 Å². The minimum absolute atomic E-state index is 0.147. The van der Waals surface area contributed by atoms with Crippen molar-refractivity contribution in [2.45, 2.75) is 26.5 Å². The molecule has 0 radical (unpaired) electrons. The lowest BCUT2D eigenvalue weighted by Crippen LogP contribution is -2.11. The summed E-state index contributed by atoms with van der Waals surface area (Å²) in [5, 5.41) is 22.9. The van der Waals surface area contributed by atoms with E-state index in [0.29, 0.717) is 11.1 Å². The molecule has 0 spiro atoms. The third-order valence-corrected chi connectivity index (χ3v) is 3.74. The SMILES string of the molecule is CC(C)OC(=O)c1cccc(-c2nnn(Cc3c(F)cccc3[N+](=O)[O-])n2)c1. The van der Waals surface area contributed by atoms with E-state index in [9.17, 15) is 19.3 Å². The first-order valence-electron chi connectivity index (χ1n) is 8.36. The fourth-order valence-electron chi connectivity index (χ4n) is 2.51. The van der Waals surface area contributed by atoms with Crippen LogP contribution in [-0.2, 0) is 11.3 Å². The maximum absolute atomic E-state index is 14.0. The van der Waals surface area contributed by atoms with E-state index in [2.05, 4.69) is 15.4 Å². The number of nitro groups is 1. The minimum Gasteiger partial charge on any atom is -0.459 e. The number of hydrogen-bond donors (Lipinski definition) is 0. The van der Waals surface area contributed by atoms with Crippen LogP contribution in [0, 0.1) is 15.9 Å². The molecule has 0 aliphatic rings. The lowest BCUT2D eigenvalue weighted by atomic mass is 10.1. The average molecular weight is 385 g/mol. The molecule has 1 aromatic heterocycles. The molecular weight excluding hydrogens is 369 g/mol. The lowest BCUT2D eigenvalue weighted by Gasteiger charge is -2.08. The number of carbonyl (C=O) groups is 1. The molecular formula is C18H16FN5O4. The normalized spacial score (nSPS) is 10.9. The van der Waals surface area contributed by atoms with Gasteiger partial charge in [-0.05, 0) is 37.3 Å². The van der Waals surface area contributed by atoms with Crippen molar-refractivity contribution in [1.29, 1.82) is 0 Å². The Morgan fingerprint density at radius 1 is 1.29 bits per heavy atom. The molecule has 2 aromatic carbocycles. The second-order valence-electron chi connectivity index (χ2n) is 6.17. The van der Waals surface area contributed by atoms with Crippen LogP contribution in [0.1, 0.15) is 29.8 Å². The molecule has 0 N–H and O–H groups in total. The molecule has 0 aliphatic carbocycles. The van der Waals surface area contributed by atoms with Crippen LogP contribution in [0.25, 0.3) is 11.4 Å². The summed E-state index contributed by atoms with van der Waals surface area (Å²) in [5.74, 6) is -1.02. The zero-order valence-corrected chi connectivity index (χ0v) is 15.1. The summed E-state index contributed by atoms with van der Waals surface area (Å²) < 4.78 is 19.2. The van der Waals surface area contributed by atoms with Gasteiger partial charge in [-0.15, -0.1) is 10.2 Å². The van der Waals surface area contributed by atoms with Crippen LogP contribution in [0.5, 0.6) is 0 Å². The van der Waals surface area contributed by atoms with Crippen molar-refractivity contribution in [3.05, 3.63) is 69.5 Å². The molecule has 0 amide bonds. The van der Waals surface area contributed by atoms with Gasteiger partial charge in [0.2, 0.25) is 5.82 Å². The fourth-order valence-corrected chi connectivity index (χ4v) is 2.51. The van der Waals surface area contributed by atoms with E-state index in [-0.39, 0.29) is 29.7 Å². The number of tetrazole rings is 1. The zero-order valence-electron chi connectivity index (χ0n) is 15.1. The van der Waals surface area contributed by atoms with Crippen molar-refractivity contribution in [1.82, 2.24) is 20.2 Å². The number of esters is 1. The van der Waals surface area contributed by atoms with Gasteiger partial charge < -0.3 is 4.74 Å². The second kappa shape index (κ2) is 7.91. The second-order valence-corrected chi connectivity index (χ2v) is 6.17. The number of hydrogen-bond acceptors (Lipinski definition) is 7. The quantitative estimate of drug-likeness (QED) is 0.364. The van der Waals surface area contributed by atoms with Crippen LogP contribution in [0.3, 0.4) is 0 Å². The van der Waals surface area contributed by atoms with Crippen LogP contribution in [0.15, 0.2) is 42.5 Å². The Hall–Kier alpha value is -3.69. The summed E-state index contributed by atoms with van der Waals surface area (Å²) in [4.78, 5) is 23.5. The maximum atomic E-state index is 14.0. The Morgan fingerprint density at radius 2 is 2.04 bits per heavy atom. The van der Waals surface area contributed by atoms with Gasteiger partial charge in [0, 0.05) is 11.6 Å². The molecule has 144 valence electrons. The summed E-state index contributed by atoms with van der Waals surface area (Å²) in [6, 6.07) is 10.1. The Morgan fingerprint density at radius 3 is 2.75 bits per heavy atom. The molecule has 1 heterocycles. The number of aromatic nitrogens is 4. The highest BCUT2D eigenvalue weighted by atomic mass is 19.1. The number of nitrogens with zero attached hydrogens (tertiary/aromatic N) is 5. The monoisotopic (exact) mass is 385 g/mol. The largest absolute Gasteiger partial charge is 0.459 e. The van der Waals surface area contributed by atoms with Crippen LogP contribution in [0.4, 0.5) is 10.1 Å². The predicted octanol–water partition coefficient (Wildman–Crippen LogP) is 3.00. The predicted molar refractivity (Wildman–Crippen MR) is 96.0 cm³/mol. The van der Waals surface area contributed by atoms with Crippen molar-refractivity contribution in [3.63, 3.8) is 0 Å². The van der Waals surface area contributed by atoms with Crippen LogP contribution < -0.4 is 0 Å². The van der Waals surface area contributed by atoms with Crippen molar-refractivity contribution in [2.75, 3.05) is 0 Å². The van der Waals surface area contributed by atoms with Gasteiger partial charge in [0.25, 0.3) is 5.69 Å². The summed E-state index contributed by atoms with van der Waals surface area (Å²) in [6.45, 7) is 3.23. The summed E-state index contributed by atoms with van der Waals surface area (Å²) >= 11 is 0. The van der Waals surface area contributed by atoms with Crippen molar-refractivity contribution in [3.8, 4) is 11.4 Å². The Bertz CT molecular complexity index is 1030. The van der Waals surface area contributed by atoms with E-state index < -0.39 is 16.7 Å². The van der Waals surface area contributed by atoms with Gasteiger partial charge in [-0.3, -0.25) is 10.1 Å². The van der Waals surface area contributed by atoms with Gasteiger partial charge in [0.05, 0.1) is 28.7 Å².